The van der Waals surface area contributed by atoms with E-state index < -0.39 is 11.7 Å². The van der Waals surface area contributed by atoms with E-state index in [0.29, 0.717) is 22.0 Å². The first-order chi connectivity index (χ1) is 9.36. The van der Waals surface area contributed by atoms with Gasteiger partial charge in [-0.15, -0.1) is 0 Å². The molecule has 0 spiro atoms. The number of fused-ring (bicyclic) bond motifs is 1. The third kappa shape index (κ3) is 1.89. The van der Waals surface area contributed by atoms with E-state index in [1.807, 2.05) is 0 Å². The molecule has 0 fully saturated rings. The summed E-state index contributed by atoms with van der Waals surface area (Å²) in [4.78, 5) is 0. The van der Waals surface area contributed by atoms with Gasteiger partial charge in [0, 0.05) is 24.2 Å². The lowest BCUT2D eigenvalue weighted by Crippen LogP contribution is -2.05. The largest absolute Gasteiger partial charge is 0.416 e. The summed E-state index contributed by atoms with van der Waals surface area (Å²) in [5.74, 6) is 0.175. The predicted molar refractivity (Wildman–Crippen MR) is 67.7 cm³/mol. The summed E-state index contributed by atoms with van der Waals surface area (Å²) in [5.41, 5.74) is 6.10. The second-order valence-electron chi connectivity index (χ2n) is 4.45. The molecule has 3 aromatic rings. The first-order valence-corrected chi connectivity index (χ1v) is 5.70. The molecule has 2 aromatic heterocycles. The van der Waals surface area contributed by atoms with Crippen LogP contribution in [0.5, 0.6) is 0 Å². The Labute approximate surface area is 111 Å². The quantitative estimate of drug-likeness (QED) is 0.720. The molecular formula is C12H10F3N5. The van der Waals surface area contributed by atoms with E-state index in [1.165, 1.54) is 10.9 Å². The Morgan fingerprint density at radius 3 is 2.60 bits per heavy atom. The minimum Gasteiger partial charge on any atom is -0.382 e. The van der Waals surface area contributed by atoms with Crippen LogP contribution in [0.15, 0.2) is 24.5 Å². The normalized spacial score (nSPS) is 12.2. The maximum atomic E-state index is 12.9. The lowest BCUT2D eigenvalue weighted by Gasteiger charge is -2.09. The molecule has 0 amide bonds. The highest BCUT2D eigenvalue weighted by atomic mass is 19.4. The Hall–Kier alpha value is -2.51. The molecule has 0 aliphatic carbocycles. The molecule has 0 aliphatic rings. The van der Waals surface area contributed by atoms with Crippen molar-refractivity contribution in [3.8, 4) is 11.1 Å². The molecule has 8 heteroatoms. The van der Waals surface area contributed by atoms with Gasteiger partial charge in [-0.25, -0.2) is 0 Å². The topological polar surface area (TPSA) is 72.5 Å². The first-order valence-electron chi connectivity index (χ1n) is 5.70. The number of nitrogens with one attached hydrogen (secondary N) is 1. The number of aromatic amines is 1. The van der Waals surface area contributed by atoms with E-state index in [2.05, 4.69) is 15.3 Å². The van der Waals surface area contributed by atoms with Crippen LogP contribution in [0.4, 0.5) is 19.0 Å². The Morgan fingerprint density at radius 2 is 2.00 bits per heavy atom. The second kappa shape index (κ2) is 3.99. The number of nitrogens with two attached hydrogens (primary N) is 1. The molecule has 0 unspecified atom stereocenters. The maximum absolute atomic E-state index is 12.9. The molecule has 5 nitrogen and oxygen atoms in total. The Kier molecular flexibility index (Phi) is 2.50. The third-order valence-corrected chi connectivity index (χ3v) is 3.03. The van der Waals surface area contributed by atoms with Gasteiger partial charge in [0.05, 0.1) is 17.3 Å². The summed E-state index contributed by atoms with van der Waals surface area (Å²) in [7, 11) is 1.65. The average molecular weight is 281 g/mol. The second-order valence-corrected chi connectivity index (χ2v) is 4.45. The van der Waals surface area contributed by atoms with Gasteiger partial charge in [0.2, 0.25) is 0 Å². The van der Waals surface area contributed by atoms with Crippen molar-refractivity contribution in [3.05, 3.63) is 30.1 Å². The monoisotopic (exact) mass is 281 g/mol. The summed E-state index contributed by atoms with van der Waals surface area (Å²) >= 11 is 0. The summed E-state index contributed by atoms with van der Waals surface area (Å²) in [6.45, 7) is 0. The predicted octanol–water partition coefficient (Wildman–Crippen LogP) is 2.56. The van der Waals surface area contributed by atoms with Crippen LogP contribution in [0.25, 0.3) is 22.0 Å². The molecule has 2 heterocycles. The number of alkyl halides is 3. The number of rotatable bonds is 1. The van der Waals surface area contributed by atoms with E-state index in [0.717, 1.165) is 12.1 Å². The van der Waals surface area contributed by atoms with Gasteiger partial charge in [0.15, 0.2) is 5.82 Å². The van der Waals surface area contributed by atoms with E-state index >= 15 is 0 Å². The molecule has 0 saturated carbocycles. The molecule has 104 valence electrons. The fraction of sp³-hybridized carbons (Fsp3) is 0.167. The third-order valence-electron chi connectivity index (χ3n) is 3.03. The zero-order valence-electron chi connectivity index (χ0n) is 10.4. The van der Waals surface area contributed by atoms with Crippen molar-refractivity contribution < 1.29 is 13.2 Å². The Bertz CT molecular complexity index is 784. The van der Waals surface area contributed by atoms with Crippen LogP contribution in [0.1, 0.15) is 5.56 Å². The van der Waals surface area contributed by atoms with Crippen molar-refractivity contribution in [3.63, 3.8) is 0 Å². The molecule has 0 saturated heterocycles. The number of anilines is 1. The molecule has 3 N–H and O–H groups in total. The van der Waals surface area contributed by atoms with Gasteiger partial charge in [-0.2, -0.15) is 23.4 Å². The van der Waals surface area contributed by atoms with Gasteiger partial charge in [0.25, 0.3) is 0 Å². The van der Waals surface area contributed by atoms with E-state index in [-0.39, 0.29) is 5.82 Å². The average Bonchev–Trinajstić information content (AvgIpc) is 2.92. The van der Waals surface area contributed by atoms with E-state index in [9.17, 15) is 13.2 Å². The highest BCUT2D eigenvalue weighted by Gasteiger charge is 2.32. The minimum atomic E-state index is -4.44. The van der Waals surface area contributed by atoms with Gasteiger partial charge in [-0.1, -0.05) is 0 Å². The number of hydrogen-bond donors (Lipinski definition) is 2. The molecule has 3 rings (SSSR count). The maximum Gasteiger partial charge on any atom is 0.416 e. The lowest BCUT2D eigenvalue weighted by atomic mass is 10.0. The zero-order chi connectivity index (χ0) is 14.5. The highest BCUT2D eigenvalue weighted by Crippen LogP contribution is 2.37. The van der Waals surface area contributed by atoms with Crippen LogP contribution in [0.2, 0.25) is 0 Å². The van der Waals surface area contributed by atoms with Crippen LogP contribution in [0.3, 0.4) is 0 Å². The fourth-order valence-electron chi connectivity index (χ4n) is 2.15. The molecule has 0 aliphatic heterocycles. The Balaban J connectivity index is 2.33. The van der Waals surface area contributed by atoms with Gasteiger partial charge in [0.1, 0.15) is 0 Å². The number of aryl methyl sites for hydroxylation is 1. The Morgan fingerprint density at radius 1 is 1.25 bits per heavy atom. The summed E-state index contributed by atoms with van der Waals surface area (Å²) < 4.78 is 40.3. The van der Waals surface area contributed by atoms with Gasteiger partial charge in [-0.3, -0.25) is 9.78 Å². The number of H-pyrrole nitrogens is 1. The van der Waals surface area contributed by atoms with Crippen LogP contribution in [-0.2, 0) is 13.2 Å². The smallest absolute Gasteiger partial charge is 0.382 e. The van der Waals surface area contributed by atoms with Gasteiger partial charge in [-0.05, 0) is 17.7 Å². The van der Waals surface area contributed by atoms with Gasteiger partial charge >= 0.3 is 6.18 Å². The number of nitrogen functional groups attached to an aromatic ring is 1. The van der Waals surface area contributed by atoms with Crippen LogP contribution < -0.4 is 5.73 Å². The number of hydrogen-bond acceptors (Lipinski definition) is 3. The minimum absolute atomic E-state index is 0.175. The summed E-state index contributed by atoms with van der Waals surface area (Å²) in [5, 5.41) is 10.9. The summed E-state index contributed by atoms with van der Waals surface area (Å²) in [6.07, 6.45) is -1.39. The van der Waals surface area contributed by atoms with Crippen molar-refractivity contribution in [1.82, 2.24) is 20.0 Å². The molecule has 1 aromatic carbocycles. The molecular weight excluding hydrogens is 271 g/mol. The van der Waals surface area contributed by atoms with Crippen molar-refractivity contribution in [2.75, 3.05) is 5.73 Å². The molecule has 0 atom stereocenters. The van der Waals surface area contributed by atoms with Crippen molar-refractivity contribution in [2.45, 2.75) is 6.18 Å². The lowest BCUT2D eigenvalue weighted by molar-refractivity contribution is -0.137. The number of aromatic nitrogens is 4. The fourth-order valence-corrected chi connectivity index (χ4v) is 2.15. The van der Waals surface area contributed by atoms with Gasteiger partial charge < -0.3 is 5.73 Å². The SMILES string of the molecule is Cn1cc(-c2cc(C(F)(F)F)cc3[nH]ncc23)c(N)n1. The van der Waals surface area contributed by atoms with Crippen molar-refractivity contribution in [2.24, 2.45) is 7.05 Å². The van der Waals surface area contributed by atoms with Crippen molar-refractivity contribution in [1.29, 1.82) is 0 Å². The van der Waals surface area contributed by atoms with Crippen LogP contribution in [-0.4, -0.2) is 20.0 Å². The van der Waals surface area contributed by atoms with Crippen molar-refractivity contribution >= 4 is 16.7 Å². The summed E-state index contributed by atoms with van der Waals surface area (Å²) in [6, 6.07) is 2.09. The van der Waals surface area contributed by atoms with E-state index in [4.69, 9.17) is 5.73 Å². The number of halogens is 3. The standard InChI is InChI=1S/C12H10F3N5/c1-20-5-9(11(16)19-20)7-2-6(12(13,14)15)3-10-8(7)4-17-18-10/h2-5H,1H3,(H2,16,19)(H,17,18). The zero-order valence-corrected chi connectivity index (χ0v) is 10.4. The van der Waals surface area contributed by atoms with E-state index in [1.54, 1.807) is 13.2 Å². The number of benzene rings is 1. The molecule has 0 bridgehead atoms. The van der Waals surface area contributed by atoms with Crippen LogP contribution >= 0.6 is 0 Å². The molecule has 20 heavy (non-hydrogen) atoms. The number of nitrogens with zero attached hydrogens (tertiary/aromatic N) is 3. The highest BCUT2D eigenvalue weighted by molar-refractivity contribution is 5.97. The molecule has 0 radical (unpaired) electrons. The first kappa shape index (κ1) is 12.5. The van der Waals surface area contributed by atoms with Crippen LogP contribution in [0, 0.1) is 0 Å².